The fourth-order valence-electron chi connectivity index (χ4n) is 1.70. The first-order chi connectivity index (χ1) is 6.84. The minimum atomic E-state index is -3.42. The Morgan fingerprint density at radius 1 is 1.00 bits per heavy atom. The van der Waals surface area contributed by atoms with E-state index in [0.717, 1.165) is 0 Å². The molecule has 0 unspecified atom stereocenters. The predicted molar refractivity (Wildman–Crippen MR) is 55.3 cm³/mol. The van der Waals surface area contributed by atoms with Crippen molar-refractivity contribution in [2.45, 2.75) is 16.7 Å². The Hall–Kier alpha value is -0.880. The third kappa shape index (κ3) is 1.57. The van der Waals surface area contributed by atoms with Crippen molar-refractivity contribution >= 4 is 19.7 Å². The van der Waals surface area contributed by atoms with Gasteiger partial charge in [-0.2, -0.15) is 0 Å². The van der Waals surface area contributed by atoms with Gasteiger partial charge >= 0.3 is 0 Å². The predicted octanol–water partition coefficient (Wildman–Crippen LogP) is 0.556. The first-order valence-corrected chi connectivity index (χ1v) is 7.70. The van der Waals surface area contributed by atoms with Gasteiger partial charge in [-0.25, -0.2) is 16.8 Å². The van der Waals surface area contributed by atoms with Gasteiger partial charge < -0.3 is 0 Å². The summed E-state index contributed by atoms with van der Waals surface area (Å²) in [6.07, 6.45) is 0. The second-order valence-corrected chi connectivity index (χ2v) is 7.66. The van der Waals surface area contributed by atoms with E-state index in [1.165, 1.54) is 6.07 Å². The molecular weight excluding hydrogens is 236 g/mol. The molecule has 2 rings (SSSR count). The fourth-order valence-corrected chi connectivity index (χ4v) is 6.30. The standard InChI is InChI=1S/C9H10O4S2/c1-7-3-2-4-8-9(7)15(12,13)6-5-14(8,10)11/h2-4H,5-6H2,1H3. The molecular formula is C9H10O4S2. The molecule has 0 spiro atoms. The second kappa shape index (κ2) is 3.05. The number of fused-ring (bicyclic) bond motifs is 1. The summed E-state index contributed by atoms with van der Waals surface area (Å²) in [5.41, 5.74) is 0.496. The molecule has 0 saturated carbocycles. The Morgan fingerprint density at radius 3 is 2.20 bits per heavy atom. The zero-order valence-electron chi connectivity index (χ0n) is 8.10. The summed E-state index contributed by atoms with van der Waals surface area (Å²) >= 11 is 0. The highest BCUT2D eigenvalue weighted by Gasteiger charge is 2.34. The maximum atomic E-state index is 11.7. The lowest BCUT2D eigenvalue weighted by Crippen LogP contribution is -2.26. The summed E-state index contributed by atoms with van der Waals surface area (Å²) in [6, 6.07) is 4.53. The first kappa shape index (κ1) is 10.6. The largest absolute Gasteiger partial charge is 0.224 e. The lowest BCUT2D eigenvalue weighted by molar-refractivity contribution is 0.574. The first-order valence-electron chi connectivity index (χ1n) is 4.40. The lowest BCUT2D eigenvalue weighted by Gasteiger charge is -2.18. The second-order valence-electron chi connectivity index (χ2n) is 3.54. The molecule has 0 amide bonds. The maximum Gasteiger partial charge on any atom is 0.180 e. The minimum absolute atomic E-state index is 0.0174. The Balaban J connectivity index is 2.94. The van der Waals surface area contributed by atoms with Crippen molar-refractivity contribution in [3.8, 4) is 0 Å². The van der Waals surface area contributed by atoms with Crippen molar-refractivity contribution in [1.82, 2.24) is 0 Å². The van der Waals surface area contributed by atoms with Crippen LogP contribution in [-0.4, -0.2) is 28.3 Å². The van der Waals surface area contributed by atoms with Gasteiger partial charge in [0.1, 0.15) is 0 Å². The molecule has 1 aliphatic heterocycles. The van der Waals surface area contributed by atoms with Gasteiger partial charge in [-0.05, 0) is 18.6 Å². The molecule has 0 fully saturated rings. The summed E-state index contributed by atoms with van der Waals surface area (Å²) in [6.45, 7) is 1.61. The SMILES string of the molecule is Cc1cccc2c1S(=O)(=O)CCS2(=O)=O. The van der Waals surface area contributed by atoms with Crippen LogP contribution in [0.5, 0.6) is 0 Å². The summed E-state index contributed by atoms with van der Waals surface area (Å²) in [4.78, 5) is -0.0648. The van der Waals surface area contributed by atoms with E-state index in [1.807, 2.05) is 0 Å². The van der Waals surface area contributed by atoms with E-state index in [1.54, 1.807) is 19.1 Å². The Kier molecular flexibility index (Phi) is 2.16. The number of rotatable bonds is 0. The van der Waals surface area contributed by atoms with E-state index < -0.39 is 19.7 Å². The van der Waals surface area contributed by atoms with Crippen LogP contribution in [0.25, 0.3) is 0 Å². The van der Waals surface area contributed by atoms with Crippen LogP contribution in [0.1, 0.15) is 5.56 Å². The van der Waals surface area contributed by atoms with Gasteiger partial charge in [-0.1, -0.05) is 12.1 Å². The molecule has 1 aliphatic rings. The third-order valence-electron chi connectivity index (χ3n) is 2.44. The minimum Gasteiger partial charge on any atom is -0.224 e. The van der Waals surface area contributed by atoms with Crippen molar-refractivity contribution in [2.24, 2.45) is 0 Å². The zero-order valence-corrected chi connectivity index (χ0v) is 9.73. The molecule has 1 aromatic rings. The highest BCUT2D eigenvalue weighted by Crippen LogP contribution is 2.30. The normalized spacial score (nSPS) is 21.9. The molecule has 0 N–H and O–H groups in total. The van der Waals surface area contributed by atoms with Crippen LogP contribution in [0.4, 0.5) is 0 Å². The van der Waals surface area contributed by atoms with Gasteiger partial charge in [0, 0.05) is 0 Å². The van der Waals surface area contributed by atoms with Crippen LogP contribution in [0.15, 0.2) is 28.0 Å². The Bertz CT molecular complexity index is 612. The van der Waals surface area contributed by atoms with Gasteiger partial charge in [0.25, 0.3) is 0 Å². The molecule has 15 heavy (non-hydrogen) atoms. The fraction of sp³-hybridized carbons (Fsp3) is 0.333. The third-order valence-corrected chi connectivity index (χ3v) is 6.49. The van der Waals surface area contributed by atoms with E-state index in [4.69, 9.17) is 0 Å². The van der Waals surface area contributed by atoms with E-state index >= 15 is 0 Å². The summed E-state index contributed by atoms with van der Waals surface area (Å²) in [5.74, 6) is -0.626. The van der Waals surface area contributed by atoms with Crippen LogP contribution in [0, 0.1) is 6.92 Å². The number of aryl methyl sites for hydroxylation is 1. The molecule has 0 saturated heterocycles. The number of hydrogen-bond donors (Lipinski definition) is 0. The average molecular weight is 246 g/mol. The average Bonchev–Trinajstić information content (AvgIpc) is 2.13. The van der Waals surface area contributed by atoms with Crippen molar-refractivity contribution in [2.75, 3.05) is 11.5 Å². The van der Waals surface area contributed by atoms with Gasteiger partial charge in [0.05, 0.1) is 21.3 Å². The Morgan fingerprint density at radius 2 is 1.60 bits per heavy atom. The van der Waals surface area contributed by atoms with Crippen molar-refractivity contribution in [3.63, 3.8) is 0 Å². The lowest BCUT2D eigenvalue weighted by atomic mass is 10.2. The monoisotopic (exact) mass is 246 g/mol. The van der Waals surface area contributed by atoms with Crippen molar-refractivity contribution in [1.29, 1.82) is 0 Å². The van der Waals surface area contributed by atoms with Gasteiger partial charge in [0.15, 0.2) is 19.7 Å². The summed E-state index contributed by atoms with van der Waals surface area (Å²) in [7, 11) is -6.84. The molecule has 0 atom stereocenters. The molecule has 0 aliphatic carbocycles. The van der Waals surface area contributed by atoms with Crippen molar-refractivity contribution in [3.05, 3.63) is 23.8 Å². The molecule has 0 bridgehead atoms. The maximum absolute atomic E-state index is 11.7. The van der Waals surface area contributed by atoms with Crippen molar-refractivity contribution < 1.29 is 16.8 Å². The van der Waals surface area contributed by atoms with E-state index in [2.05, 4.69) is 0 Å². The van der Waals surface area contributed by atoms with Crippen LogP contribution in [-0.2, 0) is 19.7 Å². The van der Waals surface area contributed by atoms with Crippen LogP contribution in [0.2, 0.25) is 0 Å². The van der Waals surface area contributed by atoms with Crippen LogP contribution >= 0.6 is 0 Å². The quantitative estimate of drug-likeness (QED) is 0.670. The molecule has 82 valence electrons. The van der Waals surface area contributed by atoms with Crippen LogP contribution in [0.3, 0.4) is 0 Å². The van der Waals surface area contributed by atoms with Crippen LogP contribution < -0.4 is 0 Å². The summed E-state index contributed by atoms with van der Waals surface area (Å²) < 4.78 is 46.7. The smallest absolute Gasteiger partial charge is 0.180 e. The van der Waals surface area contributed by atoms with E-state index in [-0.39, 0.29) is 21.3 Å². The van der Waals surface area contributed by atoms with E-state index in [9.17, 15) is 16.8 Å². The summed E-state index contributed by atoms with van der Waals surface area (Å²) in [5, 5.41) is 0. The van der Waals surface area contributed by atoms with E-state index in [0.29, 0.717) is 5.56 Å². The van der Waals surface area contributed by atoms with Gasteiger partial charge in [0.2, 0.25) is 0 Å². The number of sulfone groups is 2. The zero-order chi connectivity index (χ0) is 11.3. The molecule has 6 heteroatoms. The molecule has 0 aromatic heterocycles. The number of benzene rings is 1. The highest BCUT2D eigenvalue weighted by molar-refractivity contribution is 7.98. The van der Waals surface area contributed by atoms with Gasteiger partial charge in [-0.3, -0.25) is 0 Å². The topological polar surface area (TPSA) is 68.3 Å². The molecule has 1 heterocycles. The molecule has 4 nitrogen and oxygen atoms in total. The molecule has 0 radical (unpaired) electrons. The Labute approximate surface area is 88.8 Å². The van der Waals surface area contributed by atoms with Gasteiger partial charge in [-0.15, -0.1) is 0 Å². The highest BCUT2D eigenvalue weighted by atomic mass is 32.2. The number of hydrogen-bond acceptors (Lipinski definition) is 4. The molecule has 1 aromatic carbocycles.